The Morgan fingerprint density at radius 1 is 1.05 bits per heavy atom. The van der Waals surface area contributed by atoms with Crippen LogP contribution in [0.1, 0.15) is 19.3 Å². The Bertz CT molecular complexity index is 515. The maximum Gasteiger partial charge on any atom is 0.231 e. The fourth-order valence-electron chi connectivity index (χ4n) is 2.74. The number of amides is 1. The second kappa shape index (κ2) is 5.10. The molecular formula is C12H19N7O. The summed E-state index contributed by atoms with van der Waals surface area (Å²) in [5, 5.41) is 0. The summed E-state index contributed by atoms with van der Waals surface area (Å²) < 4.78 is 0. The van der Waals surface area contributed by atoms with Gasteiger partial charge in [0.15, 0.2) is 0 Å². The van der Waals surface area contributed by atoms with Gasteiger partial charge in [-0.25, -0.2) is 0 Å². The number of nitrogen functional groups attached to an aromatic ring is 1. The molecule has 0 spiro atoms. The summed E-state index contributed by atoms with van der Waals surface area (Å²) >= 11 is 0. The molecule has 1 aromatic heterocycles. The van der Waals surface area contributed by atoms with E-state index in [1.165, 1.54) is 0 Å². The highest BCUT2D eigenvalue weighted by atomic mass is 16.1. The summed E-state index contributed by atoms with van der Waals surface area (Å²) in [5.41, 5.74) is 11.1. The Kier molecular flexibility index (Phi) is 3.29. The van der Waals surface area contributed by atoms with Crippen molar-refractivity contribution in [3.63, 3.8) is 0 Å². The lowest BCUT2D eigenvalue weighted by atomic mass is 10.1. The number of nitrogens with two attached hydrogens (primary N) is 2. The molecule has 8 heteroatoms. The summed E-state index contributed by atoms with van der Waals surface area (Å²) in [6.07, 6.45) is 3.03. The fraction of sp³-hybridized carbons (Fsp3) is 0.667. The topological polar surface area (TPSA) is 114 Å². The summed E-state index contributed by atoms with van der Waals surface area (Å²) in [5.74, 6) is 0.993. The van der Waals surface area contributed by atoms with Crippen molar-refractivity contribution in [1.29, 1.82) is 0 Å². The van der Waals surface area contributed by atoms with Crippen LogP contribution in [0.15, 0.2) is 0 Å². The average molecular weight is 277 g/mol. The highest BCUT2D eigenvalue weighted by Gasteiger charge is 2.29. The third-order valence-corrected chi connectivity index (χ3v) is 3.89. The van der Waals surface area contributed by atoms with Crippen LogP contribution < -0.4 is 21.3 Å². The number of carbonyl (C=O) groups excluding carboxylic acids is 1. The fourth-order valence-corrected chi connectivity index (χ4v) is 2.74. The lowest BCUT2D eigenvalue weighted by molar-refractivity contribution is -0.121. The molecule has 8 nitrogen and oxygen atoms in total. The van der Waals surface area contributed by atoms with Crippen molar-refractivity contribution in [1.82, 2.24) is 15.0 Å². The van der Waals surface area contributed by atoms with Gasteiger partial charge in [0.25, 0.3) is 0 Å². The van der Waals surface area contributed by atoms with Gasteiger partial charge >= 0.3 is 0 Å². The molecule has 1 atom stereocenters. The monoisotopic (exact) mass is 277 g/mol. The number of rotatable bonds is 3. The predicted octanol–water partition coefficient (Wildman–Crippen LogP) is -0.634. The molecule has 2 saturated heterocycles. The smallest absolute Gasteiger partial charge is 0.231 e. The first-order valence-electron chi connectivity index (χ1n) is 6.94. The second-order valence-electron chi connectivity index (χ2n) is 5.32. The van der Waals surface area contributed by atoms with Crippen LogP contribution in [-0.2, 0) is 4.79 Å². The molecule has 2 fully saturated rings. The Balaban J connectivity index is 1.81. The van der Waals surface area contributed by atoms with E-state index < -0.39 is 0 Å². The van der Waals surface area contributed by atoms with Gasteiger partial charge in [-0.05, 0) is 19.3 Å². The van der Waals surface area contributed by atoms with Crippen molar-refractivity contribution in [3.05, 3.63) is 0 Å². The number of carbonyl (C=O) groups is 1. The maximum atomic E-state index is 11.2. The van der Waals surface area contributed by atoms with Crippen molar-refractivity contribution >= 4 is 23.8 Å². The molecule has 1 unspecified atom stereocenters. The van der Waals surface area contributed by atoms with Gasteiger partial charge in [0.1, 0.15) is 0 Å². The van der Waals surface area contributed by atoms with Gasteiger partial charge in [0, 0.05) is 26.2 Å². The van der Waals surface area contributed by atoms with Crippen LogP contribution in [-0.4, -0.2) is 47.0 Å². The zero-order valence-corrected chi connectivity index (χ0v) is 11.3. The Morgan fingerprint density at radius 2 is 1.70 bits per heavy atom. The van der Waals surface area contributed by atoms with Crippen molar-refractivity contribution in [3.8, 4) is 0 Å². The van der Waals surface area contributed by atoms with Crippen molar-refractivity contribution in [2.24, 2.45) is 11.7 Å². The van der Waals surface area contributed by atoms with Gasteiger partial charge in [-0.3, -0.25) is 4.79 Å². The van der Waals surface area contributed by atoms with E-state index in [0.29, 0.717) is 18.4 Å². The molecule has 0 bridgehead atoms. The number of nitrogens with zero attached hydrogens (tertiary/aromatic N) is 5. The van der Waals surface area contributed by atoms with Gasteiger partial charge in [-0.1, -0.05) is 0 Å². The minimum absolute atomic E-state index is 0.136. The summed E-state index contributed by atoms with van der Waals surface area (Å²) in [7, 11) is 0. The highest BCUT2D eigenvalue weighted by Crippen LogP contribution is 2.24. The summed E-state index contributed by atoms with van der Waals surface area (Å²) in [4.78, 5) is 28.2. The third-order valence-electron chi connectivity index (χ3n) is 3.89. The SMILES string of the molecule is NC(=O)C1CCN(c2nc(N)nc(N3CCCC3)n2)C1. The molecule has 3 rings (SSSR count). The van der Waals surface area contributed by atoms with Gasteiger partial charge in [0.05, 0.1) is 5.92 Å². The van der Waals surface area contributed by atoms with Crippen molar-refractivity contribution in [2.75, 3.05) is 41.7 Å². The third kappa shape index (κ3) is 2.45. The van der Waals surface area contributed by atoms with Gasteiger partial charge in [0.2, 0.25) is 23.8 Å². The average Bonchev–Trinajstić information content (AvgIpc) is 3.10. The molecule has 108 valence electrons. The van der Waals surface area contributed by atoms with E-state index in [-0.39, 0.29) is 17.8 Å². The zero-order chi connectivity index (χ0) is 14.1. The zero-order valence-electron chi connectivity index (χ0n) is 11.3. The van der Waals surface area contributed by atoms with Crippen molar-refractivity contribution < 1.29 is 4.79 Å². The van der Waals surface area contributed by atoms with Gasteiger partial charge in [-0.2, -0.15) is 15.0 Å². The number of primary amides is 1. The van der Waals surface area contributed by atoms with Crippen LogP contribution in [0.2, 0.25) is 0 Å². The lowest BCUT2D eigenvalue weighted by Gasteiger charge is -2.20. The number of aromatic nitrogens is 3. The van der Waals surface area contributed by atoms with Gasteiger partial charge < -0.3 is 21.3 Å². The molecule has 0 saturated carbocycles. The minimum Gasteiger partial charge on any atom is -0.369 e. The van der Waals surface area contributed by atoms with E-state index in [2.05, 4.69) is 19.9 Å². The van der Waals surface area contributed by atoms with Gasteiger partial charge in [-0.15, -0.1) is 0 Å². The number of anilines is 3. The summed E-state index contributed by atoms with van der Waals surface area (Å²) in [6.45, 7) is 3.17. The molecule has 3 heterocycles. The van der Waals surface area contributed by atoms with E-state index in [1.54, 1.807) is 0 Å². The number of hydrogen-bond donors (Lipinski definition) is 2. The minimum atomic E-state index is -0.269. The quantitative estimate of drug-likeness (QED) is 0.755. The van der Waals surface area contributed by atoms with E-state index in [1.807, 2.05) is 4.90 Å². The second-order valence-corrected chi connectivity index (χ2v) is 5.32. The first kappa shape index (κ1) is 12.9. The molecule has 1 amide bonds. The van der Waals surface area contributed by atoms with Crippen LogP contribution >= 0.6 is 0 Å². The normalized spacial score (nSPS) is 22.5. The Hall–Kier alpha value is -2.12. The molecule has 4 N–H and O–H groups in total. The van der Waals surface area contributed by atoms with Crippen LogP contribution in [0.5, 0.6) is 0 Å². The van der Waals surface area contributed by atoms with E-state index in [0.717, 1.165) is 38.9 Å². The molecule has 0 radical (unpaired) electrons. The first-order chi connectivity index (χ1) is 9.63. The maximum absolute atomic E-state index is 11.2. The molecular weight excluding hydrogens is 258 g/mol. The van der Waals surface area contributed by atoms with Crippen molar-refractivity contribution in [2.45, 2.75) is 19.3 Å². The molecule has 2 aliphatic heterocycles. The van der Waals surface area contributed by atoms with E-state index in [4.69, 9.17) is 11.5 Å². The van der Waals surface area contributed by atoms with Crippen LogP contribution in [0, 0.1) is 5.92 Å². The molecule has 20 heavy (non-hydrogen) atoms. The first-order valence-corrected chi connectivity index (χ1v) is 6.94. The predicted molar refractivity (Wildman–Crippen MR) is 75.2 cm³/mol. The standard InChI is InChI=1S/C12H19N7O/c13-9(20)8-3-6-19(7-8)12-16-10(14)15-11(17-12)18-4-1-2-5-18/h8H,1-7H2,(H2,13,20)(H2,14,15,16,17). The van der Waals surface area contributed by atoms with E-state index >= 15 is 0 Å². The van der Waals surface area contributed by atoms with Crippen LogP contribution in [0.4, 0.5) is 17.8 Å². The van der Waals surface area contributed by atoms with Crippen LogP contribution in [0.3, 0.4) is 0 Å². The van der Waals surface area contributed by atoms with Crippen LogP contribution in [0.25, 0.3) is 0 Å². The Morgan fingerprint density at radius 3 is 2.30 bits per heavy atom. The van der Waals surface area contributed by atoms with E-state index in [9.17, 15) is 4.79 Å². The Labute approximate surface area is 117 Å². The molecule has 1 aromatic rings. The molecule has 0 aliphatic carbocycles. The largest absolute Gasteiger partial charge is 0.369 e. The summed E-state index contributed by atoms with van der Waals surface area (Å²) in [6, 6.07) is 0. The molecule has 0 aromatic carbocycles. The lowest BCUT2D eigenvalue weighted by Crippen LogP contribution is -2.29. The number of hydrogen-bond acceptors (Lipinski definition) is 7. The highest BCUT2D eigenvalue weighted by molar-refractivity contribution is 5.78. The molecule has 2 aliphatic rings.